The van der Waals surface area contributed by atoms with Crippen molar-refractivity contribution in [1.29, 1.82) is 0 Å². The van der Waals surface area contributed by atoms with Crippen molar-refractivity contribution in [3.8, 4) is 0 Å². The highest BCUT2D eigenvalue weighted by molar-refractivity contribution is 5.80. The van der Waals surface area contributed by atoms with E-state index in [4.69, 9.17) is 0 Å². The Labute approximate surface area is 151 Å². The van der Waals surface area contributed by atoms with Gasteiger partial charge in [-0.1, -0.05) is 0 Å². The molecule has 26 heavy (non-hydrogen) atoms. The summed E-state index contributed by atoms with van der Waals surface area (Å²) in [6, 6.07) is -0.00261. The molecule has 11 nitrogen and oxygen atoms in total. The van der Waals surface area contributed by atoms with E-state index in [-0.39, 0.29) is 30.1 Å². The molecule has 1 saturated carbocycles. The van der Waals surface area contributed by atoms with Crippen molar-refractivity contribution in [2.75, 3.05) is 33.7 Å². The van der Waals surface area contributed by atoms with E-state index in [1.54, 1.807) is 23.7 Å². The molecule has 4 rings (SSSR count). The summed E-state index contributed by atoms with van der Waals surface area (Å²) in [5.74, 6) is 0.571. The number of hydrazine groups is 1. The summed E-state index contributed by atoms with van der Waals surface area (Å²) in [5, 5.41) is 14.4. The third kappa shape index (κ3) is 3.23. The SMILES string of the molecule is CN(C)C(=O)N1C[C@@H](NC(=O)C2CNNC2n2cnnn2)[C@H](C2CC2)C1. The summed E-state index contributed by atoms with van der Waals surface area (Å²) in [6.45, 7) is 1.77. The van der Waals surface area contributed by atoms with Crippen LogP contribution in [-0.4, -0.2) is 81.7 Å². The third-order valence-electron chi connectivity index (χ3n) is 5.51. The second-order valence-corrected chi connectivity index (χ2v) is 7.56. The highest BCUT2D eigenvalue weighted by atomic mass is 16.2. The number of nitrogens with zero attached hydrogens (tertiary/aromatic N) is 6. The zero-order chi connectivity index (χ0) is 18.3. The van der Waals surface area contributed by atoms with Gasteiger partial charge in [-0.3, -0.25) is 10.2 Å². The van der Waals surface area contributed by atoms with Crippen LogP contribution in [0.4, 0.5) is 4.79 Å². The first-order valence-corrected chi connectivity index (χ1v) is 9.02. The second-order valence-electron chi connectivity index (χ2n) is 7.56. The number of urea groups is 1. The molecule has 0 aromatic carbocycles. The molecular formula is C15H25N9O2. The summed E-state index contributed by atoms with van der Waals surface area (Å²) in [4.78, 5) is 28.7. The molecule has 0 radical (unpaired) electrons. The van der Waals surface area contributed by atoms with Gasteiger partial charge in [-0.15, -0.1) is 5.10 Å². The zero-order valence-corrected chi connectivity index (χ0v) is 15.0. The van der Waals surface area contributed by atoms with Crippen LogP contribution in [0.5, 0.6) is 0 Å². The summed E-state index contributed by atoms with van der Waals surface area (Å²) >= 11 is 0. The van der Waals surface area contributed by atoms with Crippen LogP contribution in [-0.2, 0) is 4.79 Å². The van der Waals surface area contributed by atoms with Crippen LogP contribution in [0.15, 0.2) is 6.33 Å². The topological polar surface area (TPSA) is 120 Å². The molecule has 1 aromatic heterocycles. The van der Waals surface area contributed by atoms with E-state index in [0.29, 0.717) is 31.5 Å². The van der Waals surface area contributed by atoms with E-state index in [1.807, 2.05) is 4.90 Å². The molecular weight excluding hydrogens is 338 g/mol. The lowest BCUT2D eigenvalue weighted by Crippen LogP contribution is -2.47. The minimum atomic E-state index is -0.328. The molecule has 3 heterocycles. The molecule has 2 saturated heterocycles. The fraction of sp³-hybridized carbons (Fsp3) is 0.800. The van der Waals surface area contributed by atoms with E-state index in [9.17, 15) is 9.59 Å². The highest BCUT2D eigenvalue weighted by Crippen LogP contribution is 2.41. The third-order valence-corrected chi connectivity index (χ3v) is 5.51. The van der Waals surface area contributed by atoms with Gasteiger partial charge in [0.2, 0.25) is 5.91 Å². The van der Waals surface area contributed by atoms with Gasteiger partial charge < -0.3 is 15.1 Å². The lowest BCUT2D eigenvalue weighted by Gasteiger charge is -2.23. The first-order chi connectivity index (χ1) is 12.5. The smallest absolute Gasteiger partial charge is 0.319 e. The van der Waals surface area contributed by atoms with Crippen molar-refractivity contribution >= 4 is 11.9 Å². The van der Waals surface area contributed by atoms with Crippen LogP contribution >= 0.6 is 0 Å². The van der Waals surface area contributed by atoms with E-state index < -0.39 is 0 Å². The first kappa shape index (κ1) is 17.2. The van der Waals surface area contributed by atoms with Crippen LogP contribution in [0.3, 0.4) is 0 Å². The molecule has 3 fully saturated rings. The van der Waals surface area contributed by atoms with Crippen molar-refractivity contribution in [3.63, 3.8) is 0 Å². The van der Waals surface area contributed by atoms with Gasteiger partial charge in [-0.05, 0) is 29.2 Å². The number of aromatic nitrogens is 4. The minimum absolute atomic E-state index is 0.00293. The van der Waals surface area contributed by atoms with Gasteiger partial charge in [0, 0.05) is 39.6 Å². The summed E-state index contributed by atoms with van der Waals surface area (Å²) in [6.07, 6.45) is 3.53. The fourth-order valence-electron chi connectivity index (χ4n) is 3.98. The predicted molar refractivity (Wildman–Crippen MR) is 90.3 cm³/mol. The summed E-state index contributed by atoms with van der Waals surface area (Å²) < 4.78 is 1.54. The van der Waals surface area contributed by atoms with Crippen molar-refractivity contribution in [3.05, 3.63) is 6.33 Å². The maximum Gasteiger partial charge on any atom is 0.319 e. The first-order valence-electron chi connectivity index (χ1n) is 9.02. The number of rotatable bonds is 4. The van der Waals surface area contributed by atoms with Gasteiger partial charge in [-0.2, -0.15) is 0 Å². The molecule has 3 N–H and O–H groups in total. The van der Waals surface area contributed by atoms with Crippen molar-refractivity contribution in [2.45, 2.75) is 25.0 Å². The van der Waals surface area contributed by atoms with E-state index in [0.717, 1.165) is 0 Å². The Morgan fingerprint density at radius 3 is 2.73 bits per heavy atom. The Balaban J connectivity index is 1.43. The van der Waals surface area contributed by atoms with E-state index in [1.165, 1.54) is 19.2 Å². The Morgan fingerprint density at radius 2 is 2.08 bits per heavy atom. The van der Waals surface area contributed by atoms with Crippen LogP contribution in [0.25, 0.3) is 0 Å². The molecule has 2 unspecified atom stereocenters. The van der Waals surface area contributed by atoms with Crippen molar-refractivity contribution < 1.29 is 9.59 Å². The van der Waals surface area contributed by atoms with Gasteiger partial charge in [0.05, 0.1) is 12.0 Å². The fourth-order valence-corrected chi connectivity index (χ4v) is 3.98. The molecule has 0 bridgehead atoms. The average molecular weight is 363 g/mol. The normalized spacial score (nSPS) is 31.2. The number of nitrogens with one attached hydrogen (secondary N) is 3. The quantitative estimate of drug-likeness (QED) is 0.589. The van der Waals surface area contributed by atoms with Gasteiger partial charge >= 0.3 is 6.03 Å². The van der Waals surface area contributed by atoms with Gasteiger partial charge in [-0.25, -0.2) is 14.9 Å². The van der Waals surface area contributed by atoms with Crippen LogP contribution in [0.1, 0.15) is 19.0 Å². The zero-order valence-electron chi connectivity index (χ0n) is 15.0. The second kappa shape index (κ2) is 6.80. The number of hydrogen-bond acceptors (Lipinski definition) is 7. The Hall–Kier alpha value is -2.27. The van der Waals surface area contributed by atoms with Crippen LogP contribution < -0.4 is 16.2 Å². The largest absolute Gasteiger partial charge is 0.351 e. The Morgan fingerprint density at radius 1 is 1.27 bits per heavy atom. The summed E-state index contributed by atoms with van der Waals surface area (Å²) in [5.41, 5.74) is 6.05. The van der Waals surface area contributed by atoms with Crippen molar-refractivity contribution in [1.82, 2.24) is 46.2 Å². The molecule has 3 aliphatic rings. The molecule has 3 amide bonds. The van der Waals surface area contributed by atoms with E-state index in [2.05, 4.69) is 31.7 Å². The van der Waals surface area contributed by atoms with Gasteiger partial charge in [0.15, 0.2) is 0 Å². The molecule has 1 aliphatic carbocycles. The lowest BCUT2D eigenvalue weighted by molar-refractivity contribution is -0.126. The molecule has 142 valence electrons. The van der Waals surface area contributed by atoms with Gasteiger partial charge in [0.1, 0.15) is 12.5 Å². The minimum Gasteiger partial charge on any atom is -0.351 e. The highest BCUT2D eigenvalue weighted by Gasteiger charge is 2.46. The number of carbonyl (C=O) groups is 2. The van der Waals surface area contributed by atoms with Crippen LogP contribution in [0.2, 0.25) is 0 Å². The van der Waals surface area contributed by atoms with Gasteiger partial charge in [0.25, 0.3) is 0 Å². The Kier molecular flexibility index (Phi) is 4.49. The molecule has 0 spiro atoms. The monoisotopic (exact) mass is 363 g/mol. The molecule has 11 heteroatoms. The number of likely N-dealkylation sites (tertiary alicyclic amines) is 1. The average Bonchev–Trinajstić information content (AvgIpc) is 3.06. The van der Waals surface area contributed by atoms with Crippen molar-refractivity contribution in [2.24, 2.45) is 17.8 Å². The number of hydrogen-bond donors (Lipinski definition) is 3. The standard InChI is InChI=1S/C15H25N9O2/c1-22(2)15(26)23-6-11(9-3-4-9)12(7-23)18-14(25)10-5-16-19-13(10)24-8-17-20-21-24/h8-13,16,19H,3-7H2,1-2H3,(H,18,25)/t10?,11-,12+,13?/m0/s1. The Bertz CT molecular complexity index is 660. The molecule has 4 atom stereocenters. The number of tetrazole rings is 1. The molecule has 1 aromatic rings. The lowest BCUT2D eigenvalue weighted by atomic mass is 9.97. The van der Waals surface area contributed by atoms with E-state index >= 15 is 0 Å². The number of amides is 3. The summed E-state index contributed by atoms with van der Waals surface area (Å²) in [7, 11) is 3.51. The predicted octanol–water partition coefficient (Wildman–Crippen LogP) is -1.60. The maximum absolute atomic E-state index is 12.9. The molecule has 2 aliphatic heterocycles. The van der Waals surface area contributed by atoms with Crippen LogP contribution in [0, 0.1) is 17.8 Å². The number of carbonyl (C=O) groups excluding carboxylic acids is 2. The maximum atomic E-state index is 12.9.